The van der Waals surface area contributed by atoms with Crippen molar-refractivity contribution < 1.29 is 8.78 Å². The van der Waals surface area contributed by atoms with E-state index in [9.17, 15) is 8.78 Å². The van der Waals surface area contributed by atoms with Gasteiger partial charge in [-0.05, 0) is 44.9 Å². The molecule has 0 spiro atoms. The van der Waals surface area contributed by atoms with Gasteiger partial charge in [0.1, 0.15) is 5.71 Å². The highest BCUT2D eigenvalue weighted by Crippen LogP contribution is 2.26. The van der Waals surface area contributed by atoms with E-state index in [1.165, 1.54) is 11.9 Å². The van der Waals surface area contributed by atoms with Crippen LogP contribution in [0.5, 0.6) is 0 Å². The first-order valence-electron chi connectivity index (χ1n) is 5.10. The number of hydrogen-bond donors (Lipinski definition) is 0. The fourth-order valence-electron chi connectivity index (χ4n) is 1.03. The van der Waals surface area contributed by atoms with Crippen LogP contribution in [0.1, 0.15) is 26.3 Å². The van der Waals surface area contributed by atoms with E-state index < -0.39 is 6.43 Å². The Kier molecular flexibility index (Phi) is 5.13. The Morgan fingerprint density at radius 2 is 1.76 bits per heavy atom. The number of hydrogen-bond acceptors (Lipinski definition) is 2. The van der Waals surface area contributed by atoms with Crippen LogP contribution in [-0.2, 0) is 0 Å². The molecular formula is C12H14BrF2NS. The van der Waals surface area contributed by atoms with Crippen molar-refractivity contribution in [3.63, 3.8) is 0 Å². The maximum Gasteiger partial charge on any atom is 0.281 e. The van der Waals surface area contributed by atoms with Crippen molar-refractivity contribution in [1.29, 1.82) is 0 Å². The van der Waals surface area contributed by atoms with Gasteiger partial charge in [-0.3, -0.25) is 0 Å². The van der Waals surface area contributed by atoms with Crippen molar-refractivity contribution in [1.82, 2.24) is 0 Å². The summed E-state index contributed by atoms with van der Waals surface area (Å²) >= 11 is 4.44. The predicted octanol–water partition coefficient (Wildman–Crippen LogP) is 4.95. The molecule has 1 rings (SSSR count). The molecule has 0 aliphatic carbocycles. The number of nitrogens with zero attached hydrogens (tertiary/aromatic N) is 1. The topological polar surface area (TPSA) is 12.4 Å². The molecule has 0 unspecified atom stereocenters. The summed E-state index contributed by atoms with van der Waals surface area (Å²) in [6.07, 6.45) is -2.56. The van der Waals surface area contributed by atoms with Gasteiger partial charge >= 0.3 is 0 Å². The molecule has 0 aliphatic heterocycles. The van der Waals surface area contributed by atoms with Crippen molar-refractivity contribution in [2.24, 2.45) is 4.40 Å². The second kappa shape index (κ2) is 5.96. The molecule has 0 bridgehead atoms. The Bertz CT molecular complexity index is 396. The maximum absolute atomic E-state index is 12.9. The molecule has 0 atom stereocenters. The van der Waals surface area contributed by atoms with Crippen LogP contribution in [0.2, 0.25) is 0 Å². The number of halogens is 3. The molecule has 94 valence electrons. The van der Waals surface area contributed by atoms with E-state index in [4.69, 9.17) is 0 Å². The second-order valence-corrected chi connectivity index (χ2v) is 6.99. The smallest absolute Gasteiger partial charge is 0.214 e. The molecule has 0 radical (unpaired) electrons. The Balaban J connectivity index is 2.97. The van der Waals surface area contributed by atoms with Crippen LogP contribution >= 0.6 is 27.9 Å². The minimum absolute atomic E-state index is 0.169. The summed E-state index contributed by atoms with van der Waals surface area (Å²) in [5, 5.41) is 0. The average Bonchev–Trinajstić information content (AvgIpc) is 2.18. The van der Waals surface area contributed by atoms with Crippen molar-refractivity contribution in [3.8, 4) is 0 Å². The third kappa shape index (κ3) is 5.17. The van der Waals surface area contributed by atoms with Gasteiger partial charge in [0.15, 0.2) is 0 Å². The summed E-state index contributed by atoms with van der Waals surface area (Å²) in [6, 6.07) is 6.74. The molecule has 0 fully saturated rings. The fraction of sp³-hybridized carbons (Fsp3) is 0.417. The lowest BCUT2D eigenvalue weighted by atomic mass is 10.1. The molecule has 0 saturated carbocycles. The van der Waals surface area contributed by atoms with Gasteiger partial charge in [-0.25, -0.2) is 13.2 Å². The molecule has 0 aromatic heterocycles. The van der Waals surface area contributed by atoms with E-state index >= 15 is 0 Å². The van der Waals surface area contributed by atoms with Crippen molar-refractivity contribution in [2.75, 3.05) is 0 Å². The molecule has 0 heterocycles. The summed E-state index contributed by atoms with van der Waals surface area (Å²) < 4.78 is 30.5. The van der Waals surface area contributed by atoms with E-state index in [-0.39, 0.29) is 10.5 Å². The largest absolute Gasteiger partial charge is 0.281 e. The third-order valence-electron chi connectivity index (χ3n) is 1.76. The van der Waals surface area contributed by atoms with Gasteiger partial charge in [0.05, 0.1) is 0 Å². The average molecular weight is 322 g/mol. The first-order chi connectivity index (χ1) is 7.79. The summed E-state index contributed by atoms with van der Waals surface area (Å²) in [6.45, 7) is 5.81. The lowest BCUT2D eigenvalue weighted by Gasteiger charge is -2.14. The zero-order valence-electron chi connectivity index (χ0n) is 9.88. The lowest BCUT2D eigenvalue weighted by Crippen LogP contribution is -2.13. The van der Waals surface area contributed by atoms with Gasteiger partial charge < -0.3 is 0 Å². The quantitative estimate of drug-likeness (QED) is 0.566. The van der Waals surface area contributed by atoms with Crippen LogP contribution in [0.4, 0.5) is 8.78 Å². The Morgan fingerprint density at radius 1 is 1.24 bits per heavy atom. The van der Waals surface area contributed by atoms with Crippen molar-refractivity contribution in [2.45, 2.75) is 31.9 Å². The van der Waals surface area contributed by atoms with Gasteiger partial charge in [-0.1, -0.05) is 28.1 Å². The monoisotopic (exact) mass is 321 g/mol. The van der Waals surface area contributed by atoms with Gasteiger partial charge in [-0.15, -0.1) is 0 Å². The van der Waals surface area contributed by atoms with Gasteiger partial charge in [0.2, 0.25) is 0 Å². The highest BCUT2D eigenvalue weighted by atomic mass is 79.9. The van der Waals surface area contributed by atoms with Crippen molar-refractivity contribution in [3.05, 3.63) is 34.3 Å². The number of benzene rings is 1. The van der Waals surface area contributed by atoms with Gasteiger partial charge in [-0.2, -0.15) is 0 Å². The molecule has 1 nitrogen and oxygen atoms in total. The number of alkyl halides is 2. The summed E-state index contributed by atoms with van der Waals surface area (Å²) in [5.74, 6) is 0. The molecule has 17 heavy (non-hydrogen) atoms. The van der Waals surface area contributed by atoms with E-state index in [0.29, 0.717) is 5.56 Å². The van der Waals surface area contributed by atoms with E-state index in [2.05, 4.69) is 20.3 Å². The molecule has 0 aliphatic rings. The van der Waals surface area contributed by atoms with Crippen LogP contribution in [0.25, 0.3) is 0 Å². The Morgan fingerprint density at radius 3 is 2.18 bits per heavy atom. The predicted molar refractivity (Wildman–Crippen MR) is 74.0 cm³/mol. The maximum atomic E-state index is 12.9. The molecule has 1 aromatic rings. The molecule has 5 heteroatoms. The summed E-state index contributed by atoms with van der Waals surface area (Å²) in [5.41, 5.74) is 0.289. The minimum Gasteiger partial charge on any atom is -0.214 e. The Hall–Kier alpha value is -0.420. The highest BCUT2D eigenvalue weighted by molar-refractivity contribution is 9.10. The molecule has 1 aromatic carbocycles. The Labute approximate surface area is 113 Å². The minimum atomic E-state index is -2.56. The SMILES string of the molecule is CC(C)(C)S/N=C(/c1ccc(Br)cc1)C(F)F. The van der Waals surface area contributed by atoms with Crippen LogP contribution in [0.15, 0.2) is 33.1 Å². The third-order valence-corrected chi connectivity index (χ3v) is 3.13. The lowest BCUT2D eigenvalue weighted by molar-refractivity contribution is 0.226. The first kappa shape index (κ1) is 14.6. The molecule has 0 saturated heterocycles. The molecule has 0 N–H and O–H groups in total. The van der Waals surface area contributed by atoms with E-state index in [1.54, 1.807) is 24.3 Å². The normalized spacial score (nSPS) is 13.2. The summed E-state index contributed by atoms with van der Waals surface area (Å²) in [4.78, 5) is 0. The second-order valence-electron chi connectivity index (χ2n) is 4.49. The van der Waals surface area contributed by atoms with Gasteiger partial charge in [0, 0.05) is 14.8 Å². The number of rotatable bonds is 3. The first-order valence-corrected chi connectivity index (χ1v) is 6.66. The zero-order valence-corrected chi connectivity index (χ0v) is 12.3. The zero-order chi connectivity index (χ0) is 13.1. The fourth-order valence-corrected chi connectivity index (χ4v) is 1.85. The molecular weight excluding hydrogens is 308 g/mol. The highest BCUT2D eigenvalue weighted by Gasteiger charge is 2.18. The van der Waals surface area contributed by atoms with Crippen LogP contribution in [0, 0.1) is 0 Å². The summed E-state index contributed by atoms with van der Waals surface area (Å²) in [7, 11) is 0. The van der Waals surface area contributed by atoms with E-state index in [1.807, 2.05) is 20.8 Å². The van der Waals surface area contributed by atoms with Crippen LogP contribution < -0.4 is 0 Å². The van der Waals surface area contributed by atoms with E-state index in [0.717, 1.165) is 4.47 Å². The molecule has 0 amide bonds. The van der Waals surface area contributed by atoms with Crippen LogP contribution in [-0.4, -0.2) is 16.9 Å². The standard InChI is InChI=1S/C12H14BrF2NS/c1-12(2,3)17-16-10(11(14)15)8-4-6-9(13)7-5-8/h4-7,11H,1-3H3/b16-10-. The van der Waals surface area contributed by atoms with Crippen LogP contribution in [0.3, 0.4) is 0 Å². The van der Waals surface area contributed by atoms with Gasteiger partial charge in [0.25, 0.3) is 6.43 Å². The van der Waals surface area contributed by atoms with Crippen molar-refractivity contribution >= 4 is 33.6 Å².